The lowest BCUT2D eigenvalue weighted by atomic mass is 10.0. The number of hydrogen-bond acceptors (Lipinski definition) is 5. The molecule has 1 saturated heterocycles. The fourth-order valence-electron chi connectivity index (χ4n) is 3.99. The predicted molar refractivity (Wildman–Crippen MR) is 126 cm³/mol. The number of benzene rings is 2. The maximum atomic E-state index is 5.97. The molecule has 1 atom stereocenters. The maximum absolute atomic E-state index is 5.97. The first-order chi connectivity index (χ1) is 15.1. The zero-order valence-electron chi connectivity index (χ0n) is 18.6. The van der Waals surface area contributed by atoms with Crippen molar-refractivity contribution in [2.75, 3.05) is 20.8 Å². The first-order valence-electron chi connectivity index (χ1n) is 10.8. The highest BCUT2D eigenvalue weighted by molar-refractivity contribution is 7.07. The summed E-state index contributed by atoms with van der Waals surface area (Å²) in [6.45, 7) is 6.02. The lowest BCUT2D eigenvalue weighted by molar-refractivity contribution is 0.0968. The molecule has 0 amide bonds. The van der Waals surface area contributed by atoms with Crippen LogP contribution in [0.3, 0.4) is 0 Å². The lowest BCUT2D eigenvalue weighted by Gasteiger charge is -2.16. The molecule has 2 heterocycles. The normalized spacial score (nSPS) is 16.8. The number of hydrogen-bond donors (Lipinski definition) is 0. The highest BCUT2D eigenvalue weighted by atomic mass is 32.1. The van der Waals surface area contributed by atoms with Gasteiger partial charge in [-0.2, -0.15) is 0 Å². The maximum Gasteiger partial charge on any atom is 0.190 e. The van der Waals surface area contributed by atoms with Gasteiger partial charge in [0.25, 0.3) is 0 Å². The van der Waals surface area contributed by atoms with Gasteiger partial charge in [0.05, 0.1) is 38.2 Å². The van der Waals surface area contributed by atoms with Gasteiger partial charge in [-0.3, -0.25) is 0 Å². The minimum absolute atomic E-state index is 0.205. The van der Waals surface area contributed by atoms with Crippen molar-refractivity contribution in [3.63, 3.8) is 0 Å². The molecule has 31 heavy (non-hydrogen) atoms. The van der Waals surface area contributed by atoms with Gasteiger partial charge >= 0.3 is 0 Å². The number of methoxy groups -OCH3 is 2. The molecular weight excluding hydrogens is 408 g/mol. The first-order valence-corrected chi connectivity index (χ1v) is 11.6. The molecule has 5 nitrogen and oxygen atoms in total. The van der Waals surface area contributed by atoms with Gasteiger partial charge in [-0.1, -0.05) is 32.0 Å². The molecule has 4 rings (SSSR count). The zero-order valence-corrected chi connectivity index (χ0v) is 19.4. The first kappa shape index (κ1) is 21.7. The molecule has 2 aromatic carbocycles. The molecule has 1 aromatic heterocycles. The predicted octanol–water partition coefficient (Wildman–Crippen LogP) is 5.77. The fraction of sp³-hybridized carbons (Fsp3) is 0.400. The van der Waals surface area contributed by atoms with Crippen LogP contribution in [0.2, 0.25) is 0 Å². The third-order valence-electron chi connectivity index (χ3n) is 5.67. The highest BCUT2D eigenvalue weighted by Gasteiger charge is 2.21. The number of ether oxygens (including phenoxy) is 3. The van der Waals surface area contributed by atoms with Crippen LogP contribution < -0.4 is 14.3 Å². The second-order valence-electron chi connectivity index (χ2n) is 8.04. The third-order valence-corrected chi connectivity index (χ3v) is 6.53. The molecule has 6 heteroatoms. The quantitative estimate of drug-likeness (QED) is 0.470. The van der Waals surface area contributed by atoms with E-state index in [9.17, 15) is 0 Å². The minimum Gasteiger partial charge on any atom is -0.497 e. The van der Waals surface area contributed by atoms with Gasteiger partial charge in [-0.05, 0) is 42.5 Å². The summed E-state index contributed by atoms with van der Waals surface area (Å²) in [5.41, 5.74) is 4.38. The van der Waals surface area contributed by atoms with E-state index in [1.54, 1.807) is 25.6 Å². The van der Waals surface area contributed by atoms with Gasteiger partial charge in [-0.15, -0.1) is 11.3 Å². The molecule has 1 aliphatic heterocycles. The summed E-state index contributed by atoms with van der Waals surface area (Å²) < 4.78 is 19.3. The molecule has 0 N–H and O–H groups in total. The second kappa shape index (κ2) is 9.71. The molecular formula is C25H30N2O3S. The molecule has 0 radical (unpaired) electrons. The Labute approximate surface area is 187 Å². The summed E-state index contributed by atoms with van der Waals surface area (Å²) in [6, 6.07) is 14.3. The van der Waals surface area contributed by atoms with Crippen LogP contribution in [0.15, 0.2) is 52.8 Å². The van der Waals surface area contributed by atoms with Crippen LogP contribution in [0.25, 0.3) is 11.3 Å². The highest BCUT2D eigenvalue weighted by Crippen LogP contribution is 2.34. The Morgan fingerprint density at radius 1 is 1.16 bits per heavy atom. The van der Waals surface area contributed by atoms with Crippen molar-refractivity contribution in [3.05, 3.63) is 58.2 Å². The molecule has 1 fully saturated rings. The summed E-state index contributed by atoms with van der Waals surface area (Å²) >= 11 is 1.65. The van der Waals surface area contributed by atoms with Gasteiger partial charge in [-0.25, -0.2) is 4.99 Å². The smallest absolute Gasteiger partial charge is 0.190 e. The van der Waals surface area contributed by atoms with Crippen molar-refractivity contribution in [2.45, 2.75) is 45.3 Å². The standard InChI is InChI=1S/C25H30N2O3S/c1-17(2)20-9-5-6-10-22(20)26-25-27(15-19-8-7-13-30-19)23(16-31-25)21-12-11-18(28-3)14-24(21)29-4/h5-6,9-12,14,16-17,19H,7-8,13,15H2,1-4H3. The average Bonchev–Trinajstić information content (AvgIpc) is 3.44. The second-order valence-corrected chi connectivity index (χ2v) is 8.88. The van der Waals surface area contributed by atoms with Crippen LogP contribution in [-0.4, -0.2) is 31.5 Å². The van der Waals surface area contributed by atoms with Gasteiger partial charge < -0.3 is 18.8 Å². The van der Waals surface area contributed by atoms with Crippen molar-refractivity contribution in [3.8, 4) is 22.8 Å². The van der Waals surface area contributed by atoms with E-state index in [2.05, 4.69) is 54.1 Å². The summed E-state index contributed by atoms with van der Waals surface area (Å²) in [4.78, 5) is 6.07. The van der Waals surface area contributed by atoms with Crippen LogP contribution in [0.1, 0.15) is 38.2 Å². The van der Waals surface area contributed by atoms with Gasteiger partial charge in [0, 0.05) is 23.6 Å². The van der Waals surface area contributed by atoms with E-state index in [0.29, 0.717) is 5.92 Å². The van der Waals surface area contributed by atoms with Gasteiger partial charge in [0.1, 0.15) is 11.5 Å². The fourth-order valence-corrected chi connectivity index (χ4v) is 4.92. The molecule has 1 unspecified atom stereocenters. The van der Waals surface area contributed by atoms with E-state index in [-0.39, 0.29) is 6.10 Å². The summed E-state index contributed by atoms with van der Waals surface area (Å²) in [6.07, 6.45) is 2.39. The Morgan fingerprint density at radius 2 is 2.00 bits per heavy atom. The van der Waals surface area contributed by atoms with E-state index in [1.165, 1.54) is 5.56 Å². The number of aromatic nitrogens is 1. The van der Waals surface area contributed by atoms with Crippen LogP contribution >= 0.6 is 11.3 Å². The monoisotopic (exact) mass is 438 g/mol. The third kappa shape index (κ3) is 4.70. The van der Waals surface area contributed by atoms with E-state index in [4.69, 9.17) is 19.2 Å². The molecule has 0 bridgehead atoms. The SMILES string of the molecule is COc1ccc(-c2csc(=Nc3ccccc3C(C)C)n2CC2CCCO2)c(OC)c1. The Hall–Kier alpha value is -2.57. The van der Waals surface area contributed by atoms with Crippen molar-refractivity contribution in [1.29, 1.82) is 0 Å². The Kier molecular flexibility index (Phi) is 6.78. The largest absolute Gasteiger partial charge is 0.497 e. The van der Waals surface area contributed by atoms with Crippen molar-refractivity contribution >= 4 is 17.0 Å². The van der Waals surface area contributed by atoms with Gasteiger partial charge in [0.15, 0.2) is 4.80 Å². The van der Waals surface area contributed by atoms with Crippen molar-refractivity contribution < 1.29 is 14.2 Å². The molecule has 0 spiro atoms. The number of thiazole rings is 1. The number of para-hydroxylation sites is 1. The van der Waals surface area contributed by atoms with Crippen LogP contribution in [0.5, 0.6) is 11.5 Å². The van der Waals surface area contributed by atoms with E-state index in [1.807, 2.05) is 12.1 Å². The minimum atomic E-state index is 0.205. The number of nitrogens with zero attached hydrogens (tertiary/aromatic N) is 2. The van der Waals surface area contributed by atoms with E-state index < -0.39 is 0 Å². The van der Waals surface area contributed by atoms with Crippen LogP contribution in [-0.2, 0) is 11.3 Å². The Bertz CT molecular complexity index is 1090. The average molecular weight is 439 g/mol. The summed E-state index contributed by atoms with van der Waals surface area (Å²) in [5, 5.41) is 2.16. The molecule has 0 saturated carbocycles. The van der Waals surface area contributed by atoms with Crippen molar-refractivity contribution in [1.82, 2.24) is 4.57 Å². The zero-order chi connectivity index (χ0) is 21.8. The van der Waals surface area contributed by atoms with Crippen molar-refractivity contribution in [2.24, 2.45) is 4.99 Å². The Morgan fingerprint density at radius 3 is 2.71 bits per heavy atom. The van der Waals surface area contributed by atoms with E-state index >= 15 is 0 Å². The lowest BCUT2D eigenvalue weighted by Crippen LogP contribution is -2.24. The molecule has 0 aliphatic carbocycles. The van der Waals surface area contributed by atoms with Crippen LogP contribution in [0, 0.1) is 0 Å². The number of rotatable bonds is 7. The Balaban J connectivity index is 1.86. The summed E-state index contributed by atoms with van der Waals surface area (Å²) in [7, 11) is 3.36. The topological polar surface area (TPSA) is 45.0 Å². The molecule has 3 aromatic rings. The van der Waals surface area contributed by atoms with Crippen LogP contribution in [0.4, 0.5) is 5.69 Å². The molecule has 1 aliphatic rings. The van der Waals surface area contributed by atoms with E-state index in [0.717, 1.165) is 59.2 Å². The molecule has 164 valence electrons. The summed E-state index contributed by atoms with van der Waals surface area (Å²) in [5.74, 6) is 1.97. The van der Waals surface area contributed by atoms with Gasteiger partial charge in [0.2, 0.25) is 0 Å².